The Labute approximate surface area is 172 Å². The molecule has 1 saturated heterocycles. The van der Waals surface area contributed by atoms with Crippen molar-refractivity contribution >= 4 is 21.6 Å². The number of carbonyl (C=O) groups is 1. The van der Waals surface area contributed by atoms with Gasteiger partial charge in [-0.1, -0.05) is 31.9 Å². The van der Waals surface area contributed by atoms with Gasteiger partial charge in [0.15, 0.2) is 6.61 Å². The number of hydrogen-bond acceptors (Lipinski definition) is 4. The second-order valence-corrected chi connectivity index (χ2v) is 9.12. The van der Waals surface area contributed by atoms with E-state index in [1.165, 1.54) is 0 Å². The molecule has 1 amide bonds. The van der Waals surface area contributed by atoms with Crippen LogP contribution in [0.1, 0.15) is 38.2 Å². The van der Waals surface area contributed by atoms with E-state index in [0.29, 0.717) is 24.5 Å². The Morgan fingerprint density at radius 1 is 1.03 bits per heavy atom. The molecule has 0 aromatic heterocycles. The Bertz CT molecular complexity index is 918. The Hall–Kier alpha value is -2.38. The van der Waals surface area contributed by atoms with E-state index in [2.05, 4.69) is 12.2 Å². The molecule has 0 saturated carbocycles. The van der Waals surface area contributed by atoms with Gasteiger partial charge in [0.1, 0.15) is 5.75 Å². The van der Waals surface area contributed by atoms with Crippen LogP contribution in [0.3, 0.4) is 0 Å². The van der Waals surface area contributed by atoms with Gasteiger partial charge in [-0.2, -0.15) is 4.31 Å². The zero-order valence-electron chi connectivity index (χ0n) is 16.8. The number of anilines is 1. The molecule has 7 heteroatoms. The maximum atomic E-state index is 12.8. The highest BCUT2D eigenvalue weighted by Gasteiger charge is 2.24. The molecular weight excluding hydrogens is 388 g/mol. The summed E-state index contributed by atoms with van der Waals surface area (Å²) in [6.07, 6.45) is 4.84. The van der Waals surface area contributed by atoms with Crippen LogP contribution < -0.4 is 10.1 Å². The lowest BCUT2D eigenvalue weighted by Gasteiger charge is -2.20. The van der Waals surface area contributed by atoms with Crippen LogP contribution in [-0.2, 0) is 21.2 Å². The maximum Gasteiger partial charge on any atom is 0.262 e. The first-order chi connectivity index (χ1) is 14.0. The van der Waals surface area contributed by atoms with Crippen LogP contribution in [0.4, 0.5) is 5.69 Å². The zero-order chi connectivity index (χ0) is 20.7. The van der Waals surface area contributed by atoms with Crippen molar-refractivity contribution in [1.82, 2.24) is 4.31 Å². The van der Waals surface area contributed by atoms with Crippen molar-refractivity contribution in [2.45, 2.75) is 43.9 Å². The van der Waals surface area contributed by atoms with Crippen LogP contribution in [-0.4, -0.2) is 38.3 Å². The molecular formula is C22H28N2O4S. The second kappa shape index (κ2) is 9.89. The first-order valence-electron chi connectivity index (χ1n) is 10.1. The van der Waals surface area contributed by atoms with Crippen molar-refractivity contribution in [2.24, 2.45) is 0 Å². The molecule has 0 bridgehead atoms. The largest absolute Gasteiger partial charge is 0.484 e. The highest BCUT2D eigenvalue weighted by Crippen LogP contribution is 2.22. The average molecular weight is 417 g/mol. The highest BCUT2D eigenvalue weighted by atomic mass is 32.2. The van der Waals surface area contributed by atoms with Gasteiger partial charge in [0.05, 0.1) is 4.90 Å². The number of nitrogens with zero attached hydrogens (tertiary/aromatic N) is 1. The number of nitrogens with one attached hydrogen (secondary N) is 1. The van der Waals surface area contributed by atoms with Crippen molar-refractivity contribution < 1.29 is 17.9 Å². The van der Waals surface area contributed by atoms with Gasteiger partial charge in [-0.25, -0.2) is 8.42 Å². The second-order valence-electron chi connectivity index (χ2n) is 7.18. The third-order valence-corrected chi connectivity index (χ3v) is 6.93. The fourth-order valence-electron chi connectivity index (χ4n) is 3.34. The monoisotopic (exact) mass is 416 g/mol. The third kappa shape index (κ3) is 5.81. The minimum atomic E-state index is -3.49. The Morgan fingerprint density at radius 2 is 1.72 bits per heavy atom. The van der Waals surface area contributed by atoms with Gasteiger partial charge in [-0.05, 0) is 61.2 Å². The van der Waals surface area contributed by atoms with E-state index in [-0.39, 0.29) is 17.4 Å². The van der Waals surface area contributed by atoms with Crippen LogP contribution in [0.2, 0.25) is 0 Å². The van der Waals surface area contributed by atoms with Gasteiger partial charge >= 0.3 is 0 Å². The van der Waals surface area contributed by atoms with Gasteiger partial charge in [-0.3, -0.25) is 4.79 Å². The van der Waals surface area contributed by atoms with Gasteiger partial charge in [0, 0.05) is 18.8 Å². The molecule has 0 atom stereocenters. The Morgan fingerprint density at radius 3 is 2.38 bits per heavy atom. The van der Waals surface area contributed by atoms with Crippen LogP contribution >= 0.6 is 0 Å². The number of hydrogen-bond donors (Lipinski definition) is 1. The summed E-state index contributed by atoms with van der Waals surface area (Å²) in [4.78, 5) is 12.4. The van der Waals surface area contributed by atoms with Crippen LogP contribution in [0.5, 0.6) is 5.75 Å². The smallest absolute Gasteiger partial charge is 0.262 e. The standard InChI is InChI=1S/C22H28N2O4S/c1-2-18-8-7-9-20(16-18)28-17-22(25)23-19-10-12-21(13-11-19)29(26,27)24-14-5-3-4-6-15-24/h7-13,16H,2-6,14-15,17H2,1H3,(H,23,25). The Balaban J connectivity index is 1.57. The minimum absolute atomic E-state index is 0.110. The molecule has 156 valence electrons. The number of amides is 1. The maximum absolute atomic E-state index is 12.8. The van der Waals surface area contributed by atoms with Gasteiger partial charge in [0.2, 0.25) is 10.0 Å². The lowest BCUT2D eigenvalue weighted by atomic mass is 10.2. The van der Waals surface area contributed by atoms with E-state index >= 15 is 0 Å². The SMILES string of the molecule is CCc1cccc(OCC(=O)Nc2ccc(S(=O)(=O)N3CCCCCC3)cc2)c1. The average Bonchev–Trinajstić information content (AvgIpc) is 3.03. The number of benzene rings is 2. The summed E-state index contributed by atoms with van der Waals surface area (Å²) < 4.78 is 32.7. The number of aryl methyl sites for hydroxylation is 1. The van der Waals surface area contributed by atoms with E-state index in [1.54, 1.807) is 28.6 Å². The van der Waals surface area contributed by atoms with E-state index < -0.39 is 10.0 Å². The molecule has 1 fully saturated rings. The number of ether oxygens (including phenoxy) is 1. The van der Waals surface area contributed by atoms with Crippen molar-refractivity contribution in [2.75, 3.05) is 25.0 Å². The zero-order valence-corrected chi connectivity index (χ0v) is 17.6. The van der Waals surface area contributed by atoms with E-state index in [1.807, 2.05) is 24.3 Å². The summed E-state index contributed by atoms with van der Waals surface area (Å²) in [6.45, 7) is 3.08. The molecule has 0 aliphatic carbocycles. The van der Waals surface area contributed by atoms with E-state index in [0.717, 1.165) is 37.7 Å². The van der Waals surface area contributed by atoms with E-state index in [4.69, 9.17) is 4.74 Å². The third-order valence-electron chi connectivity index (χ3n) is 5.02. The molecule has 2 aromatic carbocycles. The van der Waals surface area contributed by atoms with Crippen LogP contribution in [0.25, 0.3) is 0 Å². The summed E-state index contributed by atoms with van der Waals surface area (Å²) in [5, 5.41) is 2.74. The fraction of sp³-hybridized carbons (Fsp3) is 0.409. The first-order valence-corrected chi connectivity index (χ1v) is 11.5. The summed E-state index contributed by atoms with van der Waals surface area (Å²) in [7, 11) is -3.49. The molecule has 0 spiro atoms. The van der Waals surface area contributed by atoms with Gasteiger partial charge < -0.3 is 10.1 Å². The van der Waals surface area contributed by atoms with Crippen molar-refractivity contribution in [3.63, 3.8) is 0 Å². The molecule has 0 radical (unpaired) electrons. The summed E-state index contributed by atoms with van der Waals surface area (Å²) >= 11 is 0. The summed E-state index contributed by atoms with van der Waals surface area (Å²) in [5.74, 6) is 0.355. The predicted octanol–water partition coefficient (Wildman–Crippen LogP) is 3.83. The topological polar surface area (TPSA) is 75.7 Å². The summed E-state index contributed by atoms with van der Waals surface area (Å²) in [6, 6.07) is 13.9. The van der Waals surface area contributed by atoms with E-state index in [9.17, 15) is 13.2 Å². The van der Waals surface area contributed by atoms with Crippen molar-refractivity contribution in [1.29, 1.82) is 0 Å². The molecule has 29 heavy (non-hydrogen) atoms. The number of rotatable bonds is 7. The van der Waals surface area contributed by atoms with Gasteiger partial charge in [-0.15, -0.1) is 0 Å². The molecule has 2 aromatic rings. The fourth-order valence-corrected chi connectivity index (χ4v) is 4.86. The van der Waals surface area contributed by atoms with Crippen molar-refractivity contribution in [3.05, 3.63) is 54.1 Å². The molecule has 6 nitrogen and oxygen atoms in total. The van der Waals surface area contributed by atoms with Crippen LogP contribution in [0.15, 0.2) is 53.4 Å². The van der Waals surface area contributed by atoms with Crippen LogP contribution in [0, 0.1) is 0 Å². The number of sulfonamides is 1. The number of carbonyl (C=O) groups excluding carboxylic acids is 1. The Kier molecular flexibility index (Phi) is 7.28. The molecule has 0 unspecified atom stereocenters. The molecule has 1 aliphatic heterocycles. The lowest BCUT2D eigenvalue weighted by molar-refractivity contribution is -0.118. The first kappa shape index (κ1) is 21.3. The van der Waals surface area contributed by atoms with Gasteiger partial charge in [0.25, 0.3) is 5.91 Å². The highest BCUT2D eigenvalue weighted by molar-refractivity contribution is 7.89. The summed E-state index contributed by atoms with van der Waals surface area (Å²) in [5.41, 5.74) is 1.68. The minimum Gasteiger partial charge on any atom is -0.484 e. The lowest BCUT2D eigenvalue weighted by Crippen LogP contribution is -2.31. The van der Waals surface area contributed by atoms with Crippen molar-refractivity contribution in [3.8, 4) is 5.75 Å². The molecule has 1 aliphatic rings. The molecule has 1 N–H and O–H groups in total. The quantitative estimate of drug-likeness (QED) is 0.744. The molecule has 1 heterocycles. The predicted molar refractivity (Wildman–Crippen MR) is 114 cm³/mol. The molecule has 3 rings (SSSR count). The normalized spacial score (nSPS) is 15.5.